The van der Waals surface area contributed by atoms with Crippen LogP contribution in [0, 0.1) is 5.92 Å². The van der Waals surface area contributed by atoms with E-state index in [0.717, 1.165) is 0 Å². The zero-order valence-electron chi connectivity index (χ0n) is 15.9. The van der Waals surface area contributed by atoms with Gasteiger partial charge in [-0.3, -0.25) is 19.2 Å². The molecular weight excluding hydrogens is 358 g/mol. The van der Waals surface area contributed by atoms with Crippen molar-refractivity contribution in [1.82, 2.24) is 16.0 Å². The minimum Gasteiger partial charge on any atom is -0.480 e. The molecule has 0 spiro atoms. The number of amides is 4. The molecule has 0 aromatic rings. The van der Waals surface area contributed by atoms with Crippen molar-refractivity contribution in [3.05, 3.63) is 0 Å². The van der Waals surface area contributed by atoms with Gasteiger partial charge in [0.1, 0.15) is 18.1 Å². The maximum atomic E-state index is 12.4. The number of hydrogen-bond donors (Lipinski definition) is 6. The first-order chi connectivity index (χ1) is 12.4. The Morgan fingerprint density at radius 3 is 1.89 bits per heavy atom. The highest BCUT2D eigenvalue weighted by Gasteiger charge is 2.31. The fourth-order valence-electron chi connectivity index (χ4n) is 2.05. The Kier molecular flexibility index (Phi) is 10.0. The summed E-state index contributed by atoms with van der Waals surface area (Å²) in [6.07, 6.45) is -0.0389. The van der Waals surface area contributed by atoms with Crippen molar-refractivity contribution in [2.45, 2.75) is 64.7 Å². The summed E-state index contributed by atoms with van der Waals surface area (Å²) in [6.45, 7) is 6.21. The molecule has 154 valence electrons. The van der Waals surface area contributed by atoms with Crippen molar-refractivity contribution in [2.24, 2.45) is 17.4 Å². The normalized spacial score (nSPS) is 16.2. The van der Waals surface area contributed by atoms with Crippen LogP contribution in [0.3, 0.4) is 0 Å². The first kappa shape index (κ1) is 24.3. The molecule has 0 saturated heterocycles. The summed E-state index contributed by atoms with van der Waals surface area (Å²) in [4.78, 5) is 58.7. The van der Waals surface area contributed by atoms with E-state index in [-0.39, 0.29) is 5.92 Å². The summed E-state index contributed by atoms with van der Waals surface area (Å²) in [7, 11) is 0. The number of rotatable bonds is 11. The lowest BCUT2D eigenvalue weighted by molar-refractivity contribution is -0.144. The van der Waals surface area contributed by atoms with Crippen LogP contribution >= 0.6 is 0 Å². The average Bonchev–Trinajstić information content (AvgIpc) is 2.56. The van der Waals surface area contributed by atoms with Gasteiger partial charge in [-0.15, -0.1) is 0 Å². The Hall–Kier alpha value is -2.69. The third-order valence-corrected chi connectivity index (χ3v) is 3.98. The second kappa shape index (κ2) is 11.1. The standard InChI is InChI=1S/C16H29N5O6/c1-5-7(2)12(16(26)27)21-15(25)10(6-11(18)22)20-14(24)9(4)19-13(23)8(3)17/h7-10,12H,5-6,17H2,1-4H3,(H2,18,22)(H,19,23)(H,20,24)(H,21,25)(H,26,27). The SMILES string of the molecule is CCC(C)C(NC(=O)C(CC(N)=O)NC(=O)C(C)NC(=O)C(C)N)C(=O)O. The average molecular weight is 387 g/mol. The minimum absolute atomic E-state index is 0.374. The molecule has 0 aromatic carbocycles. The Balaban J connectivity index is 5.17. The van der Waals surface area contributed by atoms with Gasteiger partial charge in [-0.25, -0.2) is 4.79 Å². The molecule has 0 rings (SSSR count). The number of carbonyl (C=O) groups is 5. The Morgan fingerprint density at radius 2 is 1.48 bits per heavy atom. The van der Waals surface area contributed by atoms with Crippen LogP contribution in [0.1, 0.15) is 40.5 Å². The van der Waals surface area contributed by atoms with Gasteiger partial charge in [0.15, 0.2) is 0 Å². The van der Waals surface area contributed by atoms with Crippen LogP contribution in [0.4, 0.5) is 0 Å². The molecule has 0 aromatic heterocycles. The third kappa shape index (κ3) is 8.49. The highest BCUT2D eigenvalue weighted by molar-refractivity contribution is 5.95. The monoisotopic (exact) mass is 387 g/mol. The molecule has 5 unspecified atom stereocenters. The maximum absolute atomic E-state index is 12.4. The highest BCUT2D eigenvalue weighted by atomic mass is 16.4. The Morgan fingerprint density at radius 1 is 0.926 bits per heavy atom. The Labute approximate surface area is 157 Å². The van der Waals surface area contributed by atoms with Crippen molar-refractivity contribution in [1.29, 1.82) is 0 Å². The second-order valence-electron chi connectivity index (χ2n) is 6.46. The molecule has 8 N–H and O–H groups in total. The van der Waals surface area contributed by atoms with E-state index >= 15 is 0 Å². The van der Waals surface area contributed by atoms with E-state index < -0.39 is 60.2 Å². The number of primary amides is 1. The summed E-state index contributed by atoms with van der Waals surface area (Å²) >= 11 is 0. The number of carboxylic acid groups (broad SMARTS) is 1. The van der Waals surface area contributed by atoms with E-state index in [9.17, 15) is 29.1 Å². The van der Waals surface area contributed by atoms with Gasteiger partial charge in [0.2, 0.25) is 23.6 Å². The van der Waals surface area contributed by atoms with E-state index in [2.05, 4.69) is 16.0 Å². The number of aliphatic carboxylic acids is 1. The van der Waals surface area contributed by atoms with Crippen LogP contribution < -0.4 is 27.4 Å². The van der Waals surface area contributed by atoms with Gasteiger partial charge in [0, 0.05) is 0 Å². The van der Waals surface area contributed by atoms with Gasteiger partial charge in [-0.1, -0.05) is 20.3 Å². The van der Waals surface area contributed by atoms with Crippen molar-refractivity contribution >= 4 is 29.6 Å². The van der Waals surface area contributed by atoms with E-state index in [0.29, 0.717) is 6.42 Å². The molecule has 0 heterocycles. The maximum Gasteiger partial charge on any atom is 0.326 e. The second-order valence-corrected chi connectivity index (χ2v) is 6.46. The lowest BCUT2D eigenvalue weighted by Crippen LogP contribution is -2.57. The summed E-state index contributed by atoms with van der Waals surface area (Å²) in [5.41, 5.74) is 10.5. The van der Waals surface area contributed by atoms with Gasteiger partial charge in [-0.2, -0.15) is 0 Å². The van der Waals surface area contributed by atoms with Gasteiger partial charge in [0.05, 0.1) is 12.5 Å². The van der Waals surface area contributed by atoms with E-state index in [4.69, 9.17) is 11.5 Å². The molecule has 0 bridgehead atoms. The molecule has 0 radical (unpaired) electrons. The van der Waals surface area contributed by atoms with Crippen molar-refractivity contribution in [3.8, 4) is 0 Å². The number of nitrogens with one attached hydrogen (secondary N) is 3. The van der Waals surface area contributed by atoms with Crippen LogP contribution in [0.5, 0.6) is 0 Å². The van der Waals surface area contributed by atoms with Gasteiger partial charge >= 0.3 is 5.97 Å². The zero-order chi connectivity index (χ0) is 21.3. The highest BCUT2D eigenvalue weighted by Crippen LogP contribution is 2.08. The van der Waals surface area contributed by atoms with Crippen molar-refractivity contribution in [2.75, 3.05) is 0 Å². The van der Waals surface area contributed by atoms with E-state index in [1.807, 2.05) is 0 Å². The molecule has 11 heteroatoms. The first-order valence-corrected chi connectivity index (χ1v) is 8.58. The van der Waals surface area contributed by atoms with Crippen molar-refractivity contribution < 1.29 is 29.1 Å². The molecular formula is C16H29N5O6. The number of carboxylic acids is 1. The molecule has 0 aliphatic rings. The Bertz CT molecular complexity index is 580. The zero-order valence-corrected chi connectivity index (χ0v) is 15.9. The quantitative estimate of drug-likeness (QED) is 0.232. The van der Waals surface area contributed by atoms with Crippen LogP contribution in [-0.4, -0.2) is 58.9 Å². The summed E-state index contributed by atoms with van der Waals surface area (Å²) in [5.74, 6) is -4.66. The third-order valence-electron chi connectivity index (χ3n) is 3.98. The molecule has 4 amide bonds. The molecule has 0 saturated carbocycles. The molecule has 0 aliphatic heterocycles. The van der Waals surface area contributed by atoms with Gasteiger partial charge < -0.3 is 32.5 Å². The van der Waals surface area contributed by atoms with Crippen LogP contribution in [0.15, 0.2) is 0 Å². The molecule has 0 aliphatic carbocycles. The first-order valence-electron chi connectivity index (χ1n) is 8.58. The smallest absolute Gasteiger partial charge is 0.326 e. The minimum atomic E-state index is -1.38. The van der Waals surface area contributed by atoms with Crippen LogP contribution in [0.2, 0.25) is 0 Å². The van der Waals surface area contributed by atoms with E-state index in [1.54, 1.807) is 13.8 Å². The number of hydrogen-bond acceptors (Lipinski definition) is 6. The lowest BCUT2D eigenvalue weighted by atomic mass is 9.98. The number of carbonyl (C=O) groups excluding carboxylic acids is 4. The van der Waals surface area contributed by atoms with Crippen LogP contribution in [-0.2, 0) is 24.0 Å². The molecule has 11 nitrogen and oxygen atoms in total. The van der Waals surface area contributed by atoms with Crippen molar-refractivity contribution in [3.63, 3.8) is 0 Å². The summed E-state index contributed by atoms with van der Waals surface area (Å²) in [6, 6.07) is -4.44. The lowest BCUT2D eigenvalue weighted by Gasteiger charge is -2.25. The molecule has 27 heavy (non-hydrogen) atoms. The molecule has 0 fully saturated rings. The fourth-order valence-corrected chi connectivity index (χ4v) is 2.05. The van der Waals surface area contributed by atoms with E-state index in [1.165, 1.54) is 13.8 Å². The topological polar surface area (TPSA) is 194 Å². The van der Waals surface area contributed by atoms with Gasteiger partial charge in [-0.05, 0) is 19.8 Å². The molecule has 5 atom stereocenters. The fraction of sp³-hybridized carbons (Fsp3) is 0.688. The summed E-state index contributed by atoms with van der Waals surface area (Å²) in [5, 5.41) is 16.2. The number of nitrogens with two attached hydrogens (primary N) is 2. The predicted molar refractivity (Wildman–Crippen MR) is 96.0 cm³/mol. The summed E-state index contributed by atoms with van der Waals surface area (Å²) < 4.78 is 0. The van der Waals surface area contributed by atoms with Crippen LogP contribution in [0.25, 0.3) is 0 Å². The predicted octanol–water partition coefficient (Wildman–Crippen LogP) is -2.19. The largest absolute Gasteiger partial charge is 0.480 e. The van der Waals surface area contributed by atoms with Gasteiger partial charge in [0.25, 0.3) is 0 Å².